The van der Waals surface area contributed by atoms with Gasteiger partial charge in [0.1, 0.15) is 12.4 Å². The number of hydrogen-bond acceptors (Lipinski definition) is 5. The van der Waals surface area contributed by atoms with Crippen LogP contribution in [0.15, 0.2) is 12.2 Å². The molecule has 0 aromatic rings. The van der Waals surface area contributed by atoms with Crippen molar-refractivity contribution in [2.75, 3.05) is 21.1 Å². The minimum absolute atomic E-state index is 0.0500. The van der Waals surface area contributed by atoms with Crippen molar-refractivity contribution in [1.82, 2.24) is 10.6 Å². The number of hydrogen-bond donors (Lipinski definition) is 2. The Morgan fingerprint density at radius 2 is 0.781 bits per heavy atom. The molecular weight excluding hydrogens is 785 g/mol. The highest BCUT2D eigenvalue weighted by atomic mass is 16.5. The summed E-state index contributed by atoms with van der Waals surface area (Å²) in [6.45, 7) is 15.9. The van der Waals surface area contributed by atoms with E-state index in [-0.39, 0.29) is 12.1 Å². The Hall–Kier alpha value is -1.20. The van der Waals surface area contributed by atoms with Gasteiger partial charge >= 0.3 is 5.97 Å². The van der Waals surface area contributed by atoms with Gasteiger partial charge in [-0.2, -0.15) is 0 Å². The summed E-state index contributed by atoms with van der Waals surface area (Å²) < 4.78 is 5.96. The average Bonchev–Trinajstić information content (AvgIpc) is 3.29. The molecule has 5 heteroatoms. The van der Waals surface area contributed by atoms with Gasteiger partial charge in [-0.3, -0.25) is 4.79 Å². The summed E-state index contributed by atoms with van der Waals surface area (Å²) in [4.78, 5) is 22.4. The standard InChI is InChI=1S/C48H95NO2.C9H18O.C2H7N/c1-7-11-15-28-36-45(37-29-16-12-8-2)43-44(5)35-27-23-19-20-24-30-38-46(49-6)39-31-25-21-22-26-34-42-48(50)51-47(40-32-17-13-9-3)41-33-18-14-10-4;1-2-3-4-5-6-7-8-9-10;1-3-2/h45-47,49H,5,7-43H2,1-4,6H3;9H,2-8H2,1H3;3H,1-2H3. The largest absolute Gasteiger partial charge is 0.462 e. The van der Waals surface area contributed by atoms with Crippen molar-refractivity contribution in [3.63, 3.8) is 0 Å². The smallest absolute Gasteiger partial charge is 0.306 e. The van der Waals surface area contributed by atoms with Gasteiger partial charge in [0.25, 0.3) is 0 Å². The van der Waals surface area contributed by atoms with E-state index in [0.29, 0.717) is 12.5 Å². The molecule has 0 aliphatic carbocycles. The van der Waals surface area contributed by atoms with Gasteiger partial charge in [-0.15, -0.1) is 0 Å². The average molecular weight is 906 g/mol. The fourth-order valence-electron chi connectivity index (χ4n) is 8.96. The van der Waals surface area contributed by atoms with Crippen molar-refractivity contribution in [3.05, 3.63) is 12.2 Å². The van der Waals surface area contributed by atoms with Crippen LogP contribution in [0.2, 0.25) is 0 Å². The Kier molecular flexibility index (Phi) is 62.7. The molecule has 0 heterocycles. The van der Waals surface area contributed by atoms with Crippen LogP contribution >= 0.6 is 0 Å². The predicted octanol–water partition coefficient (Wildman–Crippen LogP) is 18.9. The lowest BCUT2D eigenvalue weighted by Gasteiger charge is -2.18. The monoisotopic (exact) mass is 905 g/mol. The first-order chi connectivity index (χ1) is 31.3. The number of aldehydes is 1. The topological polar surface area (TPSA) is 67.4 Å². The van der Waals surface area contributed by atoms with E-state index in [1.807, 2.05) is 14.1 Å². The molecule has 0 saturated heterocycles. The fraction of sp³-hybridized carbons (Fsp3) is 0.932. The molecule has 0 aliphatic rings. The second-order valence-corrected chi connectivity index (χ2v) is 19.9. The van der Waals surface area contributed by atoms with Crippen molar-refractivity contribution in [1.29, 1.82) is 0 Å². The van der Waals surface area contributed by atoms with Crippen LogP contribution in [0, 0.1) is 5.92 Å². The van der Waals surface area contributed by atoms with E-state index >= 15 is 0 Å². The molecule has 0 amide bonds. The number of esters is 1. The third kappa shape index (κ3) is 56.9. The summed E-state index contributed by atoms with van der Waals surface area (Å²) >= 11 is 0. The molecule has 1 unspecified atom stereocenters. The van der Waals surface area contributed by atoms with Gasteiger partial charge in [0, 0.05) is 18.9 Å². The molecule has 5 nitrogen and oxygen atoms in total. The van der Waals surface area contributed by atoms with E-state index in [9.17, 15) is 9.59 Å². The zero-order valence-electron chi connectivity index (χ0n) is 45.4. The quantitative estimate of drug-likeness (QED) is 0.0276. The number of carbonyl (C=O) groups excluding carboxylic acids is 2. The highest BCUT2D eigenvalue weighted by Gasteiger charge is 2.15. The SMILES string of the molecule is C=C(CCCCCCCCC(CCCCCCCCC(=O)OC(CCCCCC)CCCCCC)NC)CC(CCCCCC)CCCCCC.CCCCCCCCC=O.CNC. The zero-order valence-corrected chi connectivity index (χ0v) is 45.4. The van der Waals surface area contributed by atoms with E-state index in [0.717, 1.165) is 50.7 Å². The number of ether oxygens (including phenoxy) is 1. The molecule has 0 saturated carbocycles. The van der Waals surface area contributed by atoms with Crippen molar-refractivity contribution in [2.24, 2.45) is 5.92 Å². The van der Waals surface area contributed by atoms with Crippen molar-refractivity contribution >= 4 is 12.3 Å². The molecule has 384 valence electrons. The predicted molar refractivity (Wildman–Crippen MR) is 288 cm³/mol. The van der Waals surface area contributed by atoms with Gasteiger partial charge in [-0.25, -0.2) is 0 Å². The molecule has 0 radical (unpaired) electrons. The molecule has 0 aromatic heterocycles. The van der Waals surface area contributed by atoms with Crippen LogP contribution < -0.4 is 10.6 Å². The third-order valence-electron chi connectivity index (χ3n) is 13.2. The maximum Gasteiger partial charge on any atom is 0.306 e. The molecule has 0 rings (SSSR count). The van der Waals surface area contributed by atoms with E-state index in [4.69, 9.17) is 4.74 Å². The van der Waals surface area contributed by atoms with E-state index in [1.165, 1.54) is 243 Å². The fourth-order valence-corrected chi connectivity index (χ4v) is 8.96. The van der Waals surface area contributed by atoms with Gasteiger partial charge in [-0.1, -0.05) is 246 Å². The van der Waals surface area contributed by atoms with Gasteiger partial charge in [0.2, 0.25) is 0 Å². The molecule has 0 aromatic carbocycles. The normalized spacial score (nSPS) is 11.6. The van der Waals surface area contributed by atoms with Gasteiger partial charge in [0.05, 0.1) is 0 Å². The van der Waals surface area contributed by atoms with Crippen LogP contribution in [0.3, 0.4) is 0 Å². The molecule has 0 bridgehead atoms. The van der Waals surface area contributed by atoms with Crippen molar-refractivity contribution in [2.45, 2.75) is 329 Å². The Labute approximate surface area is 404 Å². The third-order valence-corrected chi connectivity index (χ3v) is 13.2. The second-order valence-electron chi connectivity index (χ2n) is 19.9. The molecule has 0 fully saturated rings. The highest BCUT2D eigenvalue weighted by Crippen LogP contribution is 2.27. The minimum Gasteiger partial charge on any atom is -0.462 e. The molecule has 2 N–H and O–H groups in total. The molecule has 0 aliphatic heterocycles. The first-order valence-corrected chi connectivity index (χ1v) is 28.9. The Bertz CT molecular complexity index is 811. The summed E-state index contributed by atoms with van der Waals surface area (Å²) in [6, 6.07) is 0.678. The van der Waals surface area contributed by atoms with Crippen LogP contribution in [0.1, 0.15) is 317 Å². The van der Waals surface area contributed by atoms with E-state index < -0.39 is 0 Å². The summed E-state index contributed by atoms with van der Waals surface area (Å²) in [7, 11) is 5.90. The molecule has 0 spiro atoms. The van der Waals surface area contributed by atoms with Crippen LogP contribution in [0.4, 0.5) is 0 Å². The lowest BCUT2D eigenvalue weighted by Crippen LogP contribution is -2.24. The first kappa shape index (κ1) is 67.1. The summed E-state index contributed by atoms with van der Waals surface area (Å²) in [6.07, 6.45) is 57.1. The minimum atomic E-state index is 0.0500. The number of allylic oxidation sites excluding steroid dienone is 1. The summed E-state index contributed by atoms with van der Waals surface area (Å²) in [5.74, 6) is 0.940. The van der Waals surface area contributed by atoms with Crippen LogP contribution in [-0.2, 0) is 14.3 Å². The molecular formula is C59H120N2O3. The van der Waals surface area contributed by atoms with Crippen molar-refractivity contribution in [3.8, 4) is 0 Å². The number of carbonyl (C=O) groups is 2. The number of unbranched alkanes of at least 4 members (excludes halogenated alkanes) is 28. The van der Waals surface area contributed by atoms with Crippen molar-refractivity contribution < 1.29 is 14.3 Å². The van der Waals surface area contributed by atoms with Gasteiger partial charge < -0.3 is 20.2 Å². The Morgan fingerprint density at radius 1 is 0.453 bits per heavy atom. The lowest BCUT2D eigenvalue weighted by atomic mass is 9.87. The maximum atomic E-state index is 12.6. The zero-order chi connectivity index (χ0) is 47.8. The van der Waals surface area contributed by atoms with Gasteiger partial charge in [0.15, 0.2) is 0 Å². The Balaban J connectivity index is -0.00000247. The van der Waals surface area contributed by atoms with Crippen LogP contribution in [-0.4, -0.2) is 45.5 Å². The first-order valence-electron chi connectivity index (χ1n) is 28.9. The summed E-state index contributed by atoms with van der Waals surface area (Å²) in [5.41, 5.74) is 1.54. The molecule has 1 atom stereocenters. The Morgan fingerprint density at radius 3 is 1.19 bits per heavy atom. The second kappa shape index (κ2) is 59.8. The van der Waals surface area contributed by atoms with Crippen LogP contribution in [0.25, 0.3) is 0 Å². The maximum absolute atomic E-state index is 12.6. The van der Waals surface area contributed by atoms with E-state index in [1.54, 1.807) is 0 Å². The summed E-state index contributed by atoms with van der Waals surface area (Å²) in [5, 5.41) is 6.34. The van der Waals surface area contributed by atoms with E-state index in [2.05, 4.69) is 58.9 Å². The number of nitrogens with one attached hydrogen (secondary N) is 2. The highest BCUT2D eigenvalue weighted by molar-refractivity contribution is 5.69. The number of rotatable bonds is 49. The lowest BCUT2D eigenvalue weighted by molar-refractivity contribution is -0.150. The van der Waals surface area contributed by atoms with Gasteiger partial charge in [-0.05, 0) is 97.7 Å². The van der Waals surface area contributed by atoms with Crippen LogP contribution in [0.5, 0.6) is 0 Å². The molecule has 64 heavy (non-hydrogen) atoms.